The monoisotopic (exact) mass is 470 g/mol. The van der Waals surface area contributed by atoms with Crippen LogP contribution in [0.25, 0.3) is 0 Å². The lowest BCUT2D eigenvalue weighted by molar-refractivity contribution is 0.0948. The first kappa shape index (κ1) is 23.7. The highest BCUT2D eigenvalue weighted by molar-refractivity contribution is 7.92. The molecule has 0 radical (unpaired) electrons. The summed E-state index contributed by atoms with van der Waals surface area (Å²) >= 11 is 0. The van der Waals surface area contributed by atoms with Crippen LogP contribution in [0.2, 0.25) is 0 Å². The number of piperazine rings is 1. The number of benzene rings is 2. The zero-order chi connectivity index (χ0) is 23.3. The molecule has 2 aliphatic rings. The molecule has 0 bridgehead atoms. The quantitative estimate of drug-likeness (QED) is 0.601. The molecule has 1 amide bonds. The van der Waals surface area contributed by atoms with Gasteiger partial charge in [-0.1, -0.05) is 31.2 Å². The summed E-state index contributed by atoms with van der Waals surface area (Å²) in [5.41, 5.74) is 2.15. The molecule has 0 aliphatic carbocycles. The number of likely N-dealkylation sites (N-methyl/N-ethyl adjacent to an activating group) is 1. The Kier molecular flexibility index (Phi) is 7.67. The summed E-state index contributed by atoms with van der Waals surface area (Å²) in [6.45, 7) is 9.62. The number of aryl methyl sites for hydroxylation is 1. The number of hydrogen-bond acceptors (Lipinski definition) is 5. The van der Waals surface area contributed by atoms with E-state index in [0.717, 1.165) is 69.8 Å². The third-order valence-electron chi connectivity index (χ3n) is 6.60. The summed E-state index contributed by atoms with van der Waals surface area (Å²) < 4.78 is 28.3. The Morgan fingerprint density at radius 1 is 0.970 bits per heavy atom. The van der Waals surface area contributed by atoms with Gasteiger partial charge in [0.15, 0.2) is 0 Å². The standard InChI is InChI=1S/C25H34N4O3S/c1-2-27-16-18-28(19-17-27)14-7-13-26-25(30)22-9-5-11-23(20-22)33(31,32)29-15-6-10-21-8-3-4-12-24(21)29/h3-5,8-9,11-12,20H,2,6-7,10,13-19H2,1H3,(H,26,30). The van der Waals surface area contributed by atoms with Gasteiger partial charge in [-0.3, -0.25) is 9.10 Å². The highest BCUT2D eigenvalue weighted by atomic mass is 32.2. The highest BCUT2D eigenvalue weighted by Gasteiger charge is 2.29. The Balaban J connectivity index is 1.35. The number of amides is 1. The zero-order valence-corrected chi connectivity index (χ0v) is 20.2. The van der Waals surface area contributed by atoms with Gasteiger partial charge in [0, 0.05) is 44.8 Å². The van der Waals surface area contributed by atoms with Gasteiger partial charge in [-0.2, -0.15) is 0 Å². The molecule has 178 valence electrons. The fraction of sp³-hybridized carbons (Fsp3) is 0.480. The number of carbonyl (C=O) groups is 1. The summed E-state index contributed by atoms with van der Waals surface area (Å²) in [6, 6.07) is 14.0. The van der Waals surface area contributed by atoms with Crippen LogP contribution in [0.15, 0.2) is 53.4 Å². The van der Waals surface area contributed by atoms with Crippen molar-refractivity contribution in [2.45, 2.75) is 31.1 Å². The van der Waals surface area contributed by atoms with Gasteiger partial charge in [0.2, 0.25) is 0 Å². The van der Waals surface area contributed by atoms with E-state index < -0.39 is 10.0 Å². The first-order valence-electron chi connectivity index (χ1n) is 11.9. The predicted octanol–water partition coefficient (Wildman–Crippen LogP) is 2.59. The van der Waals surface area contributed by atoms with Gasteiger partial charge in [0.05, 0.1) is 10.6 Å². The predicted molar refractivity (Wildman–Crippen MR) is 131 cm³/mol. The van der Waals surface area contributed by atoms with E-state index in [9.17, 15) is 13.2 Å². The van der Waals surface area contributed by atoms with E-state index in [0.29, 0.717) is 18.7 Å². The Hall–Kier alpha value is -2.42. The van der Waals surface area contributed by atoms with Crippen LogP contribution in [0, 0.1) is 0 Å². The van der Waals surface area contributed by atoms with E-state index in [1.165, 1.54) is 10.4 Å². The van der Waals surface area contributed by atoms with Crippen LogP contribution in [0.4, 0.5) is 5.69 Å². The van der Waals surface area contributed by atoms with Crippen molar-refractivity contribution in [3.05, 3.63) is 59.7 Å². The molecule has 2 aromatic rings. The van der Waals surface area contributed by atoms with Crippen LogP contribution in [0.5, 0.6) is 0 Å². The number of nitrogens with one attached hydrogen (secondary N) is 1. The van der Waals surface area contributed by atoms with E-state index in [1.807, 2.05) is 24.3 Å². The SMILES string of the molecule is CCN1CCN(CCCNC(=O)c2cccc(S(=O)(=O)N3CCCc4ccccc43)c2)CC1. The Bertz CT molecular complexity index is 1060. The Labute approximate surface area is 197 Å². The maximum absolute atomic E-state index is 13.4. The maximum Gasteiger partial charge on any atom is 0.264 e. The number of carbonyl (C=O) groups excluding carboxylic acids is 1. The van der Waals surface area contributed by atoms with Crippen LogP contribution >= 0.6 is 0 Å². The van der Waals surface area contributed by atoms with Crippen molar-refractivity contribution in [3.63, 3.8) is 0 Å². The topological polar surface area (TPSA) is 73.0 Å². The fourth-order valence-electron chi connectivity index (χ4n) is 4.61. The smallest absolute Gasteiger partial charge is 0.264 e. The van der Waals surface area contributed by atoms with Gasteiger partial charge in [-0.25, -0.2) is 8.42 Å². The number of rotatable bonds is 8. The second-order valence-electron chi connectivity index (χ2n) is 8.72. The van der Waals surface area contributed by atoms with Crippen LogP contribution in [0.1, 0.15) is 35.7 Å². The summed E-state index contributed by atoms with van der Waals surface area (Å²) in [4.78, 5) is 17.7. The number of nitrogens with zero attached hydrogens (tertiary/aromatic N) is 3. The minimum Gasteiger partial charge on any atom is -0.352 e. The Morgan fingerprint density at radius 3 is 2.52 bits per heavy atom. The van der Waals surface area contributed by atoms with E-state index in [1.54, 1.807) is 18.2 Å². The second-order valence-corrected chi connectivity index (χ2v) is 10.6. The summed E-state index contributed by atoms with van der Waals surface area (Å²) in [6.07, 6.45) is 2.53. The van der Waals surface area contributed by atoms with Crippen molar-refractivity contribution in [2.75, 3.05) is 56.7 Å². The van der Waals surface area contributed by atoms with Crippen molar-refractivity contribution in [3.8, 4) is 0 Å². The molecule has 2 heterocycles. The fourth-order valence-corrected chi connectivity index (χ4v) is 6.20. The van der Waals surface area contributed by atoms with E-state index in [2.05, 4.69) is 22.0 Å². The Morgan fingerprint density at radius 2 is 1.73 bits per heavy atom. The third-order valence-corrected chi connectivity index (χ3v) is 8.41. The van der Waals surface area contributed by atoms with Crippen LogP contribution in [-0.4, -0.2) is 76.5 Å². The average molecular weight is 471 g/mol. The largest absolute Gasteiger partial charge is 0.352 e. The molecule has 1 N–H and O–H groups in total. The van der Waals surface area contributed by atoms with Crippen molar-refractivity contribution in [2.24, 2.45) is 0 Å². The van der Waals surface area contributed by atoms with Gasteiger partial charge in [0.1, 0.15) is 0 Å². The molecule has 0 aromatic heterocycles. The number of para-hydroxylation sites is 1. The molecule has 33 heavy (non-hydrogen) atoms. The molecular formula is C25H34N4O3S. The minimum atomic E-state index is -3.74. The number of fused-ring (bicyclic) bond motifs is 1. The van der Waals surface area contributed by atoms with Gasteiger partial charge in [-0.05, 0) is 62.2 Å². The minimum absolute atomic E-state index is 0.153. The highest BCUT2D eigenvalue weighted by Crippen LogP contribution is 2.31. The number of sulfonamides is 1. The van der Waals surface area contributed by atoms with Crippen LogP contribution in [-0.2, 0) is 16.4 Å². The molecule has 2 aliphatic heterocycles. The van der Waals surface area contributed by atoms with Crippen molar-refractivity contribution in [1.29, 1.82) is 0 Å². The van der Waals surface area contributed by atoms with Gasteiger partial charge >= 0.3 is 0 Å². The molecule has 1 saturated heterocycles. The molecule has 0 atom stereocenters. The molecule has 0 spiro atoms. The first-order valence-corrected chi connectivity index (χ1v) is 13.4. The van der Waals surface area contributed by atoms with Gasteiger partial charge in [0.25, 0.3) is 15.9 Å². The molecule has 8 heteroatoms. The number of anilines is 1. The second kappa shape index (κ2) is 10.7. The lowest BCUT2D eigenvalue weighted by Crippen LogP contribution is -2.46. The van der Waals surface area contributed by atoms with Crippen molar-refractivity contribution in [1.82, 2.24) is 15.1 Å². The summed E-state index contributed by atoms with van der Waals surface area (Å²) in [5.74, 6) is -0.234. The molecular weight excluding hydrogens is 436 g/mol. The normalized spacial score (nSPS) is 17.5. The van der Waals surface area contributed by atoms with Gasteiger partial charge < -0.3 is 15.1 Å². The zero-order valence-electron chi connectivity index (χ0n) is 19.4. The molecule has 2 aromatic carbocycles. The molecule has 0 unspecified atom stereocenters. The maximum atomic E-state index is 13.4. The summed E-state index contributed by atoms with van der Waals surface area (Å²) in [5, 5.41) is 2.95. The molecule has 7 nitrogen and oxygen atoms in total. The van der Waals surface area contributed by atoms with Crippen LogP contribution in [0.3, 0.4) is 0 Å². The van der Waals surface area contributed by atoms with Crippen molar-refractivity contribution < 1.29 is 13.2 Å². The molecule has 4 rings (SSSR count). The first-order chi connectivity index (χ1) is 16.0. The van der Waals surface area contributed by atoms with Crippen molar-refractivity contribution >= 4 is 21.6 Å². The van der Waals surface area contributed by atoms with Crippen LogP contribution < -0.4 is 9.62 Å². The summed E-state index contributed by atoms with van der Waals surface area (Å²) in [7, 11) is -3.74. The average Bonchev–Trinajstić information content (AvgIpc) is 2.86. The third kappa shape index (κ3) is 5.57. The molecule has 1 fully saturated rings. The van der Waals surface area contributed by atoms with E-state index >= 15 is 0 Å². The lowest BCUT2D eigenvalue weighted by atomic mass is 10.0. The lowest BCUT2D eigenvalue weighted by Gasteiger charge is -2.33. The number of hydrogen-bond donors (Lipinski definition) is 1. The molecule has 0 saturated carbocycles. The van der Waals surface area contributed by atoms with Gasteiger partial charge in [-0.15, -0.1) is 0 Å². The van der Waals surface area contributed by atoms with E-state index in [-0.39, 0.29) is 10.8 Å². The van der Waals surface area contributed by atoms with E-state index in [4.69, 9.17) is 0 Å².